The van der Waals surface area contributed by atoms with E-state index in [0.29, 0.717) is 17.4 Å². The number of aryl methyl sites for hydroxylation is 2. The first-order valence-corrected chi connectivity index (χ1v) is 11.4. The van der Waals surface area contributed by atoms with E-state index in [9.17, 15) is 4.79 Å². The van der Waals surface area contributed by atoms with Crippen molar-refractivity contribution in [3.05, 3.63) is 80.4 Å². The van der Waals surface area contributed by atoms with Crippen molar-refractivity contribution in [1.29, 1.82) is 0 Å². The molecular weight excluding hydrogens is 432 g/mol. The lowest BCUT2D eigenvalue weighted by Crippen LogP contribution is -2.08. The fourth-order valence-corrected chi connectivity index (χ4v) is 4.42. The second kappa shape index (κ2) is 9.16. The average molecular weight is 455 g/mol. The van der Waals surface area contributed by atoms with Crippen LogP contribution in [0.1, 0.15) is 29.6 Å². The summed E-state index contributed by atoms with van der Waals surface area (Å²) in [6, 6.07) is 12.8. The van der Waals surface area contributed by atoms with E-state index >= 15 is 0 Å². The summed E-state index contributed by atoms with van der Waals surface area (Å²) in [5.74, 6) is 2.07. The normalized spacial score (nSPS) is 11.2. The Hall–Kier alpha value is -2.77. The van der Waals surface area contributed by atoms with E-state index in [1.807, 2.05) is 49.6 Å². The highest BCUT2D eigenvalue weighted by Crippen LogP contribution is 2.24. The third-order valence-corrected chi connectivity index (χ3v) is 6.51. The van der Waals surface area contributed by atoms with Crippen LogP contribution in [0.2, 0.25) is 5.02 Å². The van der Waals surface area contributed by atoms with E-state index in [1.54, 1.807) is 30.0 Å². The van der Waals surface area contributed by atoms with Crippen LogP contribution < -0.4 is 10.2 Å². The standard InChI is InChI=1S/C23H23ClN4O2S/c1-4-28-21(12-30-18-8-6-16(24)7-9-18)26-27-23(28)31-13-17-11-20(29)19-10-5-14(2)15(3)22(19)25-17/h5-11H,4,12-13H2,1-3H3,(H,25,29). The van der Waals surface area contributed by atoms with E-state index in [2.05, 4.69) is 15.2 Å². The van der Waals surface area contributed by atoms with E-state index < -0.39 is 0 Å². The molecule has 4 rings (SSSR count). The molecule has 0 spiro atoms. The first-order chi connectivity index (χ1) is 15.0. The molecule has 0 aliphatic carbocycles. The first kappa shape index (κ1) is 21.5. The van der Waals surface area contributed by atoms with Crippen LogP contribution in [0.3, 0.4) is 0 Å². The number of halogens is 1. The Morgan fingerprint density at radius 2 is 1.90 bits per heavy atom. The molecule has 0 aliphatic heterocycles. The Labute approximate surface area is 189 Å². The third-order valence-electron chi connectivity index (χ3n) is 5.24. The maximum Gasteiger partial charge on any atom is 0.191 e. The van der Waals surface area contributed by atoms with Gasteiger partial charge in [-0.25, -0.2) is 0 Å². The summed E-state index contributed by atoms with van der Waals surface area (Å²) in [5.41, 5.74) is 4.04. The minimum absolute atomic E-state index is 0.0291. The third kappa shape index (κ3) is 4.62. The Morgan fingerprint density at radius 3 is 2.65 bits per heavy atom. The lowest BCUT2D eigenvalue weighted by Gasteiger charge is -2.10. The van der Waals surface area contributed by atoms with E-state index in [4.69, 9.17) is 16.3 Å². The fraction of sp³-hybridized carbons (Fsp3) is 0.261. The first-order valence-electron chi connectivity index (χ1n) is 10.0. The smallest absolute Gasteiger partial charge is 0.191 e. The molecule has 0 saturated heterocycles. The molecule has 8 heteroatoms. The maximum atomic E-state index is 12.6. The predicted octanol–water partition coefficient (Wildman–Crippen LogP) is 5.28. The topological polar surface area (TPSA) is 72.8 Å². The number of thioether (sulfide) groups is 1. The molecule has 4 aromatic rings. The Bertz CT molecular complexity index is 1280. The zero-order chi connectivity index (χ0) is 22.0. The SMILES string of the molecule is CCn1c(COc2ccc(Cl)cc2)nnc1SCc1cc(=O)c2ccc(C)c(C)c2[nH]1. The molecule has 0 saturated carbocycles. The lowest BCUT2D eigenvalue weighted by molar-refractivity contribution is 0.288. The van der Waals surface area contributed by atoms with Crippen molar-refractivity contribution in [2.75, 3.05) is 0 Å². The van der Waals surface area contributed by atoms with Crippen LogP contribution in [0.25, 0.3) is 10.9 Å². The van der Waals surface area contributed by atoms with Gasteiger partial charge in [-0.15, -0.1) is 10.2 Å². The van der Waals surface area contributed by atoms with Crippen molar-refractivity contribution in [2.45, 2.75) is 44.8 Å². The number of nitrogens with one attached hydrogen (secondary N) is 1. The number of fused-ring (bicyclic) bond motifs is 1. The average Bonchev–Trinajstić information content (AvgIpc) is 3.16. The number of rotatable bonds is 7. The molecule has 2 heterocycles. The van der Waals surface area contributed by atoms with E-state index in [-0.39, 0.29) is 5.43 Å². The van der Waals surface area contributed by atoms with Gasteiger partial charge >= 0.3 is 0 Å². The van der Waals surface area contributed by atoms with Gasteiger partial charge in [-0.3, -0.25) is 4.79 Å². The number of ether oxygens (including phenoxy) is 1. The van der Waals surface area contributed by atoms with E-state index in [1.165, 1.54) is 0 Å². The molecule has 0 amide bonds. The maximum absolute atomic E-state index is 12.6. The molecule has 6 nitrogen and oxygen atoms in total. The van der Waals surface area contributed by atoms with Crippen molar-refractivity contribution < 1.29 is 4.74 Å². The Balaban J connectivity index is 1.50. The Morgan fingerprint density at radius 1 is 1.13 bits per heavy atom. The van der Waals surface area contributed by atoms with Gasteiger partial charge in [0.1, 0.15) is 12.4 Å². The van der Waals surface area contributed by atoms with Gasteiger partial charge in [0, 0.05) is 34.5 Å². The molecule has 160 valence electrons. The summed E-state index contributed by atoms with van der Waals surface area (Å²) in [7, 11) is 0. The summed E-state index contributed by atoms with van der Waals surface area (Å²) < 4.78 is 7.84. The summed E-state index contributed by atoms with van der Waals surface area (Å²) in [4.78, 5) is 16.0. The number of aromatic nitrogens is 4. The van der Waals surface area contributed by atoms with Crippen LogP contribution in [-0.2, 0) is 18.9 Å². The van der Waals surface area contributed by atoms with Gasteiger partial charge in [0.2, 0.25) is 0 Å². The summed E-state index contributed by atoms with van der Waals surface area (Å²) >= 11 is 7.46. The van der Waals surface area contributed by atoms with Crippen molar-refractivity contribution in [1.82, 2.24) is 19.7 Å². The predicted molar refractivity (Wildman–Crippen MR) is 125 cm³/mol. The van der Waals surface area contributed by atoms with Crippen molar-refractivity contribution in [3.8, 4) is 5.75 Å². The minimum Gasteiger partial charge on any atom is -0.486 e. The minimum atomic E-state index is 0.0291. The van der Waals surface area contributed by atoms with Gasteiger partial charge < -0.3 is 14.3 Å². The van der Waals surface area contributed by atoms with Gasteiger partial charge in [-0.05, 0) is 62.2 Å². The van der Waals surface area contributed by atoms with Crippen LogP contribution in [0.4, 0.5) is 0 Å². The largest absolute Gasteiger partial charge is 0.486 e. The van der Waals surface area contributed by atoms with Crippen LogP contribution in [0.5, 0.6) is 5.75 Å². The molecule has 31 heavy (non-hydrogen) atoms. The van der Waals surface area contributed by atoms with E-state index in [0.717, 1.165) is 51.0 Å². The number of benzene rings is 2. The summed E-state index contributed by atoms with van der Waals surface area (Å²) in [5, 5.41) is 10.8. The van der Waals surface area contributed by atoms with Crippen molar-refractivity contribution in [3.63, 3.8) is 0 Å². The molecule has 0 aliphatic rings. The van der Waals surface area contributed by atoms with Gasteiger partial charge in [0.05, 0.1) is 5.52 Å². The van der Waals surface area contributed by atoms with Gasteiger partial charge in [0.25, 0.3) is 0 Å². The Kier molecular flexibility index (Phi) is 6.34. The van der Waals surface area contributed by atoms with Crippen LogP contribution in [-0.4, -0.2) is 19.7 Å². The molecule has 0 unspecified atom stereocenters. The number of H-pyrrole nitrogens is 1. The quantitative estimate of drug-likeness (QED) is 0.384. The number of aromatic amines is 1. The highest BCUT2D eigenvalue weighted by molar-refractivity contribution is 7.98. The molecule has 0 fully saturated rings. The molecule has 0 radical (unpaired) electrons. The van der Waals surface area contributed by atoms with Gasteiger partial charge in [-0.2, -0.15) is 0 Å². The highest BCUT2D eigenvalue weighted by Gasteiger charge is 2.13. The second-order valence-electron chi connectivity index (χ2n) is 7.26. The number of nitrogens with zero attached hydrogens (tertiary/aromatic N) is 3. The molecular formula is C23H23ClN4O2S. The lowest BCUT2D eigenvalue weighted by atomic mass is 10.0. The molecule has 1 N–H and O–H groups in total. The fourth-order valence-electron chi connectivity index (χ4n) is 3.36. The summed E-state index contributed by atoms with van der Waals surface area (Å²) in [6.45, 7) is 7.16. The zero-order valence-electron chi connectivity index (χ0n) is 17.6. The van der Waals surface area contributed by atoms with Crippen LogP contribution in [0, 0.1) is 13.8 Å². The number of pyridine rings is 1. The van der Waals surface area contributed by atoms with Crippen LogP contribution in [0.15, 0.2) is 52.4 Å². The second-order valence-corrected chi connectivity index (χ2v) is 8.64. The highest BCUT2D eigenvalue weighted by atomic mass is 35.5. The number of hydrogen-bond donors (Lipinski definition) is 1. The number of hydrogen-bond acceptors (Lipinski definition) is 5. The van der Waals surface area contributed by atoms with Crippen LogP contribution >= 0.6 is 23.4 Å². The van der Waals surface area contributed by atoms with Gasteiger partial charge in [0.15, 0.2) is 16.4 Å². The monoisotopic (exact) mass is 454 g/mol. The zero-order valence-corrected chi connectivity index (χ0v) is 19.2. The van der Waals surface area contributed by atoms with Crippen molar-refractivity contribution >= 4 is 34.3 Å². The molecule has 2 aromatic carbocycles. The van der Waals surface area contributed by atoms with Crippen molar-refractivity contribution in [2.24, 2.45) is 0 Å². The van der Waals surface area contributed by atoms with Gasteiger partial charge in [-0.1, -0.05) is 29.4 Å². The summed E-state index contributed by atoms with van der Waals surface area (Å²) in [6.07, 6.45) is 0. The molecule has 0 bridgehead atoms. The molecule has 2 aromatic heterocycles. The molecule has 0 atom stereocenters.